The van der Waals surface area contributed by atoms with Crippen LogP contribution in [-0.2, 0) is 17.6 Å². The van der Waals surface area contributed by atoms with Gasteiger partial charge < -0.3 is 15.4 Å². The molecule has 0 spiro atoms. The first-order valence-electron chi connectivity index (χ1n) is 8.76. The topological polar surface area (TPSA) is 58.5 Å². The van der Waals surface area contributed by atoms with Crippen molar-refractivity contribution >= 4 is 41.3 Å². The number of aryl methyl sites for hydroxylation is 2. The minimum absolute atomic E-state index is 0. The zero-order chi connectivity index (χ0) is 16.9. The van der Waals surface area contributed by atoms with Crippen LogP contribution in [0.15, 0.2) is 4.99 Å². The Balaban J connectivity index is 0.00000529. The number of nitrogens with one attached hydrogen (secondary N) is 2. The van der Waals surface area contributed by atoms with E-state index in [2.05, 4.69) is 41.4 Å². The standard InChI is InChI=1S/C17H32N4OS.HI/c1-5-15-14(4)23-16(21-15)10-12-20-17(18-6-2)19-11-8-9-13-22-7-3;/h5-13H2,1-4H3,(H2,18,19,20);1H. The molecule has 5 nitrogen and oxygen atoms in total. The fourth-order valence-corrected chi connectivity index (χ4v) is 3.22. The van der Waals surface area contributed by atoms with Crippen molar-refractivity contribution in [2.75, 3.05) is 32.8 Å². The second kappa shape index (κ2) is 14.9. The number of aliphatic imine (C=N–C) groups is 1. The number of hydrogen-bond donors (Lipinski definition) is 2. The van der Waals surface area contributed by atoms with Crippen molar-refractivity contribution in [3.63, 3.8) is 0 Å². The highest BCUT2D eigenvalue weighted by Gasteiger charge is 2.06. The summed E-state index contributed by atoms with van der Waals surface area (Å²) in [5.74, 6) is 0.896. The van der Waals surface area contributed by atoms with Gasteiger partial charge >= 0.3 is 0 Å². The van der Waals surface area contributed by atoms with Gasteiger partial charge in [0.15, 0.2) is 5.96 Å². The lowest BCUT2D eigenvalue weighted by atomic mass is 10.3. The van der Waals surface area contributed by atoms with E-state index < -0.39 is 0 Å². The first-order valence-corrected chi connectivity index (χ1v) is 9.57. The van der Waals surface area contributed by atoms with Gasteiger partial charge in [-0.15, -0.1) is 35.3 Å². The maximum atomic E-state index is 5.34. The number of nitrogens with zero attached hydrogens (tertiary/aromatic N) is 2. The molecule has 2 N–H and O–H groups in total. The largest absolute Gasteiger partial charge is 0.382 e. The molecule has 1 rings (SSSR count). The highest BCUT2D eigenvalue weighted by atomic mass is 127. The summed E-state index contributed by atoms with van der Waals surface area (Å²) in [7, 11) is 0. The molecule has 0 aliphatic carbocycles. The molecule has 0 unspecified atom stereocenters. The second-order valence-electron chi connectivity index (χ2n) is 5.31. The minimum atomic E-state index is 0. The number of unbranched alkanes of at least 4 members (excludes halogenated alkanes) is 1. The molecule has 0 saturated heterocycles. The Hall–Kier alpha value is -0.410. The van der Waals surface area contributed by atoms with Crippen LogP contribution in [0.2, 0.25) is 0 Å². The van der Waals surface area contributed by atoms with Crippen molar-refractivity contribution in [1.82, 2.24) is 15.6 Å². The molecule has 0 fully saturated rings. The van der Waals surface area contributed by atoms with E-state index in [0.29, 0.717) is 0 Å². The Morgan fingerprint density at radius 1 is 1.21 bits per heavy atom. The summed E-state index contributed by atoms with van der Waals surface area (Å²) in [6, 6.07) is 0. The van der Waals surface area contributed by atoms with Crippen molar-refractivity contribution in [3.8, 4) is 0 Å². The number of guanidine groups is 1. The van der Waals surface area contributed by atoms with Crippen molar-refractivity contribution in [2.45, 2.75) is 53.4 Å². The number of thiazole rings is 1. The third-order valence-corrected chi connectivity index (χ3v) is 4.49. The molecule has 24 heavy (non-hydrogen) atoms. The first kappa shape index (κ1) is 23.6. The van der Waals surface area contributed by atoms with Crippen molar-refractivity contribution in [2.24, 2.45) is 4.99 Å². The Labute approximate surface area is 168 Å². The third kappa shape index (κ3) is 9.78. The molecule has 0 saturated carbocycles. The van der Waals surface area contributed by atoms with Crippen molar-refractivity contribution < 1.29 is 4.74 Å². The van der Waals surface area contributed by atoms with E-state index >= 15 is 0 Å². The predicted molar refractivity (Wildman–Crippen MR) is 115 cm³/mol. The molecule has 1 heterocycles. The van der Waals surface area contributed by atoms with Crippen LogP contribution in [0, 0.1) is 6.92 Å². The average molecular weight is 468 g/mol. The highest BCUT2D eigenvalue weighted by Crippen LogP contribution is 2.17. The summed E-state index contributed by atoms with van der Waals surface area (Å²) in [5, 5.41) is 7.89. The maximum absolute atomic E-state index is 5.34. The number of aromatic nitrogens is 1. The zero-order valence-corrected chi connectivity index (χ0v) is 18.6. The molecule has 0 amide bonds. The number of rotatable bonds is 11. The molecule has 1 aromatic heterocycles. The Bertz CT molecular complexity index is 465. The molecule has 0 radical (unpaired) electrons. The highest BCUT2D eigenvalue weighted by molar-refractivity contribution is 14.0. The number of hydrogen-bond acceptors (Lipinski definition) is 4. The van der Waals surface area contributed by atoms with Crippen LogP contribution < -0.4 is 10.6 Å². The Kier molecular flexibility index (Phi) is 14.6. The van der Waals surface area contributed by atoms with Gasteiger partial charge in [0.2, 0.25) is 0 Å². The minimum Gasteiger partial charge on any atom is -0.382 e. The monoisotopic (exact) mass is 468 g/mol. The smallest absolute Gasteiger partial charge is 0.191 e. The second-order valence-corrected chi connectivity index (χ2v) is 6.59. The molecule has 0 aliphatic heterocycles. The molecule has 140 valence electrons. The van der Waals surface area contributed by atoms with Gasteiger partial charge in [0.25, 0.3) is 0 Å². The van der Waals surface area contributed by atoms with Gasteiger partial charge in [-0.3, -0.25) is 4.99 Å². The fourth-order valence-electron chi connectivity index (χ4n) is 2.20. The quantitative estimate of drug-likeness (QED) is 0.226. The van der Waals surface area contributed by atoms with Crippen LogP contribution in [0.25, 0.3) is 0 Å². The SMILES string of the molecule is CCNC(=NCCCCOCC)NCCc1nc(CC)c(C)s1.I. The number of halogens is 1. The predicted octanol–water partition coefficient (Wildman–Crippen LogP) is 3.55. The Morgan fingerprint density at radius 2 is 2.00 bits per heavy atom. The zero-order valence-electron chi connectivity index (χ0n) is 15.5. The van der Waals surface area contributed by atoms with E-state index in [0.717, 1.165) is 64.5 Å². The normalized spacial score (nSPS) is 11.2. The van der Waals surface area contributed by atoms with Gasteiger partial charge in [0.05, 0.1) is 10.7 Å². The molecular weight excluding hydrogens is 435 g/mol. The van der Waals surface area contributed by atoms with Gasteiger partial charge in [-0.1, -0.05) is 6.92 Å². The molecule has 0 atom stereocenters. The van der Waals surface area contributed by atoms with Crippen LogP contribution >= 0.6 is 35.3 Å². The van der Waals surface area contributed by atoms with Crippen molar-refractivity contribution in [3.05, 3.63) is 15.6 Å². The molecular formula is C17H33IN4OS. The van der Waals surface area contributed by atoms with Crippen LogP contribution in [-0.4, -0.2) is 43.8 Å². The third-order valence-electron chi connectivity index (χ3n) is 3.42. The van der Waals surface area contributed by atoms with Crippen LogP contribution in [0.4, 0.5) is 0 Å². The molecule has 0 aliphatic rings. The Morgan fingerprint density at radius 3 is 2.62 bits per heavy atom. The lowest BCUT2D eigenvalue weighted by Crippen LogP contribution is -2.38. The van der Waals surface area contributed by atoms with E-state index in [1.807, 2.05) is 18.3 Å². The summed E-state index contributed by atoms with van der Waals surface area (Å²) in [6.45, 7) is 12.6. The summed E-state index contributed by atoms with van der Waals surface area (Å²) in [6.07, 6.45) is 4.08. The van der Waals surface area contributed by atoms with E-state index in [-0.39, 0.29) is 24.0 Å². The average Bonchev–Trinajstić information content (AvgIpc) is 2.90. The summed E-state index contributed by atoms with van der Waals surface area (Å²) >= 11 is 1.81. The first-order chi connectivity index (χ1) is 11.2. The van der Waals surface area contributed by atoms with E-state index in [1.165, 1.54) is 15.6 Å². The van der Waals surface area contributed by atoms with E-state index in [4.69, 9.17) is 4.74 Å². The lowest BCUT2D eigenvalue weighted by molar-refractivity contribution is 0.144. The molecule has 1 aromatic rings. The summed E-state index contributed by atoms with van der Waals surface area (Å²) in [4.78, 5) is 10.6. The number of ether oxygens (including phenoxy) is 1. The van der Waals surface area contributed by atoms with Gasteiger partial charge in [0.1, 0.15) is 0 Å². The van der Waals surface area contributed by atoms with E-state index in [9.17, 15) is 0 Å². The molecule has 0 aromatic carbocycles. The summed E-state index contributed by atoms with van der Waals surface area (Å²) < 4.78 is 5.34. The fraction of sp³-hybridized carbons (Fsp3) is 0.765. The van der Waals surface area contributed by atoms with Gasteiger partial charge in [-0.2, -0.15) is 0 Å². The van der Waals surface area contributed by atoms with Gasteiger partial charge in [0, 0.05) is 44.1 Å². The molecule has 0 bridgehead atoms. The maximum Gasteiger partial charge on any atom is 0.191 e. The van der Waals surface area contributed by atoms with Crippen LogP contribution in [0.5, 0.6) is 0 Å². The van der Waals surface area contributed by atoms with Gasteiger partial charge in [-0.05, 0) is 40.0 Å². The van der Waals surface area contributed by atoms with Crippen molar-refractivity contribution in [1.29, 1.82) is 0 Å². The lowest BCUT2D eigenvalue weighted by Gasteiger charge is -2.10. The van der Waals surface area contributed by atoms with Crippen LogP contribution in [0.3, 0.4) is 0 Å². The van der Waals surface area contributed by atoms with Gasteiger partial charge in [-0.25, -0.2) is 4.98 Å². The van der Waals surface area contributed by atoms with E-state index in [1.54, 1.807) is 0 Å². The summed E-state index contributed by atoms with van der Waals surface area (Å²) in [5.41, 5.74) is 1.24. The molecule has 7 heteroatoms. The van der Waals surface area contributed by atoms with Crippen LogP contribution in [0.1, 0.15) is 49.2 Å².